The van der Waals surface area contributed by atoms with Crippen LogP contribution < -0.4 is 4.72 Å². The highest BCUT2D eigenvalue weighted by Crippen LogP contribution is 2.22. The third-order valence-corrected chi connectivity index (χ3v) is 6.71. The molecule has 2 fully saturated rings. The molecule has 1 N–H and O–H groups in total. The Labute approximate surface area is 142 Å². The summed E-state index contributed by atoms with van der Waals surface area (Å²) in [6, 6.07) is 0.672. The Hall–Kier alpha value is -0.210. The van der Waals surface area contributed by atoms with Gasteiger partial charge in [-0.05, 0) is 53.8 Å². The van der Waals surface area contributed by atoms with Gasteiger partial charge in [0, 0.05) is 37.8 Å². The van der Waals surface area contributed by atoms with Crippen molar-refractivity contribution in [2.24, 2.45) is 0 Å². The second-order valence-electron chi connectivity index (χ2n) is 7.51. The van der Waals surface area contributed by atoms with Crippen LogP contribution in [0.15, 0.2) is 0 Å². The smallest absolute Gasteiger partial charge is 0.279 e. The molecule has 2 unspecified atom stereocenters. The van der Waals surface area contributed by atoms with Crippen molar-refractivity contribution in [2.75, 3.05) is 40.3 Å². The van der Waals surface area contributed by atoms with Crippen LogP contribution in [0.5, 0.6) is 0 Å². The van der Waals surface area contributed by atoms with Gasteiger partial charge in [0.2, 0.25) is 0 Å². The fourth-order valence-electron chi connectivity index (χ4n) is 3.84. The second-order valence-corrected chi connectivity index (χ2v) is 9.22. The second kappa shape index (κ2) is 8.25. The molecule has 1 saturated carbocycles. The average Bonchev–Trinajstić information content (AvgIpc) is 2.93. The Morgan fingerprint density at radius 3 is 2.17 bits per heavy atom. The molecule has 1 aliphatic heterocycles. The topological polar surface area (TPSA) is 55.9 Å². The van der Waals surface area contributed by atoms with Crippen molar-refractivity contribution in [3.05, 3.63) is 0 Å². The minimum Gasteiger partial charge on any atom is -0.309 e. The molecule has 0 amide bonds. The maximum absolute atomic E-state index is 12.6. The summed E-state index contributed by atoms with van der Waals surface area (Å²) in [7, 11) is 0.837. The molecule has 0 radical (unpaired) electrons. The van der Waals surface area contributed by atoms with Gasteiger partial charge >= 0.3 is 0 Å². The van der Waals surface area contributed by atoms with Crippen molar-refractivity contribution in [3.63, 3.8) is 0 Å². The van der Waals surface area contributed by atoms with E-state index in [1.165, 1.54) is 0 Å². The zero-order valence-corrected chi connectivity index (χ0v) is 16.0. The molecule has 136 valence electrons. The lowest BCUT2D eigenvalue weighted by Gasteiger charge is -2.44. The van der Waals surface area contributed by atoms with Gasteiger partial charge in [-0.1, -0.05) is 12.8 Å². The van der Waals surface area contributed by atoms with Crippen LogP contribution in [0.4, 0.5) is 0 Å². The summed E-state index contributed by atoms with van der Waals surface area (Å²) in [6.07, 6.45) is 5.36. The van der Waals surface area contributed by atoms with Gasteiger partial charge in [0.05, 0.1) is 0 Å². The van der Waals surface area contributed by atoms with Gasteiger partial charge in [-0.2, -0.15) is 17.4 Å². The highest BCUT2D eigenvalue weighted by atomic mass is 32.2. The molecule has 6 nitrogen and oxygen atoms in total. The minimum atomic E-state index is -3.34. The Morgan fingerprint density at radius 1 is 1.09 bits per heavy atom. The van der Waals surface area contributed by atoms with E-state index in [-0.39, 0.29) is 18.1 Å². The van der Waals surface area contributed by atoms with Crippen molar-refractivity contribution in [3.8, 4) is 0 Å². The maximum Gasteiger partial charge on any atom is 0.279 e. The van der Waals surface area contributed by atoms with Crippen molar-refractivity contribution in [1.29, 1.82) is 0 Å². The molecule has 0 bridgehead atoms. The lowest BCUT2D eigenvalue weighted by atomic mass is 10.1. The van der Waals surface area contributed by atoms with E-state index in [2.05, 4.69) is 42.5 Å². The molecule has 2 aliphatic rings. The standard InChI is InChI=1S/C16H34N4O2S/c1-14-12-19(23(21,22)17-16-8-5-6-9-16)13-15(2)20(14)11-7-10-18(3)4/h14-17H,5-13H2,1-4H3. The van der Waals surface area contributed by atoms with E-state index in [0.29, 0.717) is 13.1 Å². The quantitative estimate of drug-likeness (QED) is 0.750. The highest BCUT2D eigenvalue weighted by molar-refractivity contribution is 7.87. The fourth-order valence-corrected chi connectivity index (χ4v) is 5.47. The van der Waals surface area contributed by atoms with Crippen LogP contribution in [0.3, 0.4) is 0 Å². The maximum atomic E-state index is 12.6. The van der Waals surface area contributed by atoms with E-state index in [0.717, 1.165) is 45.2 Å². The zero-order chi connectivity index (χ0) is 17.0. The summed E-state index contributed by atoms with van der Waals surface area (Å²) in [5.74, 6) is 0. The number of nitrogens with zero attached hydrogens (tertiary/aromatic N) is 3. The van der Waals surface area contributed by atoms with Crippen LogP contribution in [0, 0.1) is 0 Å². The van der Waals surface area contributed by atoms with E-state index in [9.17, 15) is 8.42 Å². The van der Waals surface area contributed by atoms with Crippen LogP contribution in [-0.4, -0.2) is 80.9 Å². The molecule has 7 heteroatoms. The van der Waals surface area contributed by atoms with Gasteiger partial charge < -0.3 is 4.90 Å². The van der Waals surface area contributed by atoms with Crippen LogP contribution in [0.25, 0.3) is 0 Å². The summed E-state index contributed by atoms with van der Waals surface area (Å²) in [5, 5.41) is 0. The zero-order valence-electron chi connectivity index (χ0n) is 15.2. The van der Waals surface area contributed by atoms with E-state index < -0.39 is 10.2 Å². The predicted octanol–water partition coefficient (Wildman–Crippen LogP) is 1.11. The SMILES string of the molecule is CC1CN(S(=O)(=O)NC2CCCC2)CC(C)N1CCCN(C)C. The predicted molar refractivity (Wildman–Crippen MR) is 94.7 cm³/mol. The summed E-state index contributed by atoms with van der Waals surface area (Å²) >= 11 is 0. The summed E-state index contributed by atoms with van der Waals surface area (Å²) < 4.78 is 29.8. The minimum absolute atomic E-state index is 0.142. The average molecular weight is 347 g/mol. The fraction of sp³-hybridized carbons (Fsp3) is 1.00. The van der Waals surface area contributed by atoms with Crippen LogP contribution >= 0.6 is 0 Å². The molecule has 2 atom stereocenters. The highest BCUT2D eigenvalue weighted by Gasteiger charge is 2.36. The third kappa shape index (κ3) is 5.39. The van der Waals surface area contributed by atoms with Crippen LogP contribution in [-0.2, 0) is 10.2 Å². The number of rotatable bonds is 7. The van der Waals surface area contributed by atoms with Crippen molar-refractivity contribution in [2.45, 2.75) is 64.1 Å². The molecule has 0 aromatic rings. The molecule has 1 saturated heterocycles. The normalized spacial score (nSPS) is 28.7. The molecule has 1 heterocycles. The van der Waals surface area contributed by atoms with E-state index in [1.54, 1.807) is 4.31 Å². The number of nitrogens with one attached hydrogen (secondary N) is 1. The first-order valence-corrected chi connectivity index (χ1v) is 10.4. The van der Waals surface area contributed by atoms with Crippen LogP contribution in [0.2, 0.25) is 0 Å². The van der Waals surface area contributed by atoms with Gasteiger partial charge in [0.1, 0.15) is 0 Å². The Kier molecular flexibility index (Phi) is 6.86. The molecule has 0 spiro atoms. The molecule has 2 rings (SSSR count). The Bertz CT molecular complexity index is 451. The van der Waals surface area contributed by atoms with E-state index in [1.807, 2.05) is 0 Å². The van der Waals surface area contributed by atoms with E-state index in [4.69, 9.17) is 0 Å². The number of piperazine rings is 1. The van der Waals surface area contributed by atoms with Gasteiger partial charge in [0.25, 0.3) is 10.2 Å². The first-order valence-electron chi connectivity index (χ1n) is 8.97. The van der Waals surface area contributed by atoms with Gasteiger partial charge in [-0.15, -0.1) is 0 Å². The summed E-state index contributed by atoms with van der Waals surface area (Å²) in [5.41, 5.74) is 0. The molecular formula is C16H34N4O2S. The van der Waals surface area contributed by atoms with Gasteiger partial charge in [-0.25, -0.2) is 0 Å². The Morgan fingerprint density at radius 2 is 1.65 bits per heavy atom. The van der Waals surface area contributed by atoms with Gasteiger partial charge in [-0.3, -0.25) is 4.90 Å². The van der Waals surface area contributed by atoms with E-state index >= 15 is 0 Å². The lowest BCUT2D eigenvalue weighted by molar-refractivity contribution is 0.0733. The van der Waals surface area contributed by atoms with Gasteiger partial charge in [0.15, 0.2) is 0 Å². The summed E-state index contributed by atoms with van der Waals surface area (Å²) in [4.78, 5) is 4.65. The molecular weight excluding hydrogens is 312 g/mol. The van der Waals surface area contributed by atoms with Crippen molar-refractivity contribution < 1.29 is 8.42 Å². The first kappa shape index (κ1) is 19.1. The number of hydrogen-bond donors (Lipinski definition) is 1. The van der Waals surface area contributed by atoms with Crippen molar-refractivity contribution >= 4 is 10.2 Å². The molecule has 0 aromatic heterocycles. The largest absolute Gasteiger partial charge is 0.309 e. The third-order valence-electron chi connectivity index (χ3n) is 5.10. The summed E-state index contributed by atoms with van der Waals surface area (Å²) in [6.45, 7) is 7.57. The number of hydrogen-bond acceptors (Lipinski definition) is 4. The lowest BCUT2D eigenvalue weighted by Crippen LogP contribution is -2.60. The first-order chi connectivity index (χ1) is 10.8. The molecule has 23 heavy (non-hydrogen) atoms. The Balaban J connectivity index is 1.89. The van der Waals surface area contributed by atoms with Crippen molar-refractivity contribution in [1.82, 2.24) is 18.8 Å². The monoisotopic (exact) mass is 346 g/mol. The molecule has 0 aromatic carbocycles. The molecule has 1 aliphatic carbocycles. The van der Waals surface area contributed by atoms with Crippen LogP contribution in [0.1, 0.15) is 46.0 Å².